The lowest BCUT2D eigenvalue weighted by atomic mass is 9.99. The van der Waals surface area contributed by atoms with Crippen molar-refractivity contribution in [2.24, 2.45) is 0 Å². The van der Waals surface area contributed by atoms with Gasteiger partial charge in [0.2, 0.25) is 0 Å². The zero-order chi connectivity index (χ0) is 13.8. The number of thiocarbonyl (C=S) groups is 1. The first-order valence-electron chi connectivity index (χ1n) is 6.13. The first-order chi connectivity index (χ1) is 9.13. The lowest BCUT2D eigenvalue weighted by Gasteiger charge is -2.16. The Hall–Kier alpha value is -1.88. The van der Waals surface area contributed by atoms with Crippen LogP contribution in [0.15, 0.2) is 41.8 Å². The van der Waals surface area contributed by atoms with Crippen molar-refractivity contribution in [2.45, 2.75) is 19.9 Å². The van der Waals surface area contributed by atoms with E-state index >= 15 is 0 Å². The van der Waals surface area contributed by atoms with Gasteiger partial charge in [0.25, 0.3) is 0 Å². The highest BCUT2D eigenvalue weighted by Crippen LogP contribution is 2.21. The van der Waals surface area contributed by atoms with Crippen LogP contribution in [0.1, 0.15) is 25.5 Å². The van der Waals surface area contributed by atoms with Gasteiger partial charge in [0.15, 0.2) is 16.8 Å². The van der Waals surface area contributed by atoms with Crippen molar-refractivity contribution in [3.8, 4) is 0 Å². The topological polar surface area (TPSA) is 50.4 Å². The van der Waals surface area contributed by atoms with Crippen LogP contribution in [0, 0.1) is 0 Å². The Morgan fingerprint density at radius 1 is 1.32 bits per heavy atom. The Bertz CT molecular complexity index is 526. The van der Waals surface area contributed by atoms with Gasteiger partial charge in [-0.15, -0.1) is 0 Å². The molecule has 1 aliphatic rings. The Balaban J connectivity index is 2.37. The second kappa shape index (κ2) is 5.84. The third-order valence-corrected chi connectivity index (χ3v) is 3.12. The standard InChI is InChI=1S/C14H16N2O2S/c1-3-18-13-9(2)12(17)11(15-14(19)16-13)10-7-5-4-6-8-10/h4-8,11H,3H2,1-2H3,(H2,15,16,19)/t11-/m0/s1. The van der Waals surface area contributed by atoms with Crippen LogP contribution in [0.5, 0.6) is 0 Å². The lowest BCUT2D eigenvalue weighted by molar-refractivity contribution is -0.117. The summed E-state index contributed by atoms with van der Waals surface area (Å²) in [5, 5.41) is 6.32. The van der Waals surface area contributed by atoms with Gasteiger partial charge in [-0.25, -0.2) is 0 Å². The van der Waals surface area contributed by atoms with E-state index in [1.54, 1.807) is 6.92 Å². The largest absolute Gasteiger partial charge is 0.479 e. The van der Waals surface area contributed by atoms with Gasteiger partial charge in [0.1, 0.15) is 6.04 Å². The average Bonchev–Trinajstić information content (AvgIpc) is 2.52. The summed E-state index contributed by atoms with van der Waals surface area (Å²) in [5.41, 5.74) is 1.43. The van der Waals surface area contributed by atoms with Crippen LogP contribution in [0.25, 0.3) is 0 Å². The van der Waals surface area contributed by atoms with Crippen molar-refractivity contribution in [1.82, 2.24) is 10.6 Å². The summed E-state index contributed by atoms with van der Waals surface area (Å²) < 4.78 is 5.42. The summed E-state index contributed by atoms with van der Waals surface area (Å²) in [4.78, 5) is 12.5. The molecular formula is C14H16N2O2S. The van der Waals surface area contributed by atoms with E-state index in [9.17, 15) is 4.79 Å². The van der Waals surface area contributed by atoms with E-state index < -0.39 is 6.04 Å². The molecule has 0 spiro atoms. The number of hydrogen-bond donors (Lipinski definition) is 2. The van der Waals surface area contributed by atoms with E-state index in [4.69, 9.17) is 17.0 Å². The number of ether oxygens (including phenoxy) is 1. The predicted molar refractivity (Wildman–Crippen MR) is 77.4 cm³/mol. The molecule has 1 aromatic rings. The van der Waals surface area contributed by atoms with Gasteiger partial charge >= 0.3 is 0 Å². The number of carbonyl (C=O) groups excluding carboxylic acids is 1. The van der Waals surface area contributed by atoms with Crippen LogP contribution in [0.2, 0.25) is 0 Å². The van der Waals surface area contributed by atoms with Crippen molar-refractivity contribution in [3.05, 3.63) is 47.4 Å². The van der Waals surface area contributed by atoms with Crippen LogP contribution in [0.4, 0.5) is 0 Å². The Labute approximate surface area is 117 Å². The Kier molecular flexibility index (Phi) is 4.16. The molecule has 2 rings (SSSR count). The van der Waals surface area contributed by atoms with Gasteiger partial charge in [-0.05, 0) is 31.6 Å². The van der Waals surface area contributed by atoms with Gasteiger partial charge in [0.05, 0.1) is 12.2 Å². The first kappa shape index (κ1) is 13.5. The molecule has 1 aliphatic heterocycles. The molecule has 0 unspecified atom stereocenters. The molecular weight excluding hydrogens is 260 g/mol. The zero-order valence-corrected chi connectivity index (χ0v) is 11.7. The number of ketones is 1. The van der Waals surface area contributed by atoms with Crippen molar-refractivity contribution in [2.75, 3.05) is 6.61 Å². The average molecular weight is 276 g/mol. The minimum atomic E-state index is -0.473. The normalized spacial score (nSPS) is 19.6. The highest BCUT2D eigenvalue weighted by Gasteiger charge is 2.28. The van der Waals surface area contributed by atoms with Gasteiger partial charge in [-0.1, -0.05) is 30.3 Å². The van der Waals surface area contributed by atoms with E-state index in [1.165, 1.54) is 0 Å². The van der Waals surface area contributed by atoms with E-state index in [0.29, 0.717) is 23.2 Å². The highest BCUT2D eigenvalue weighted by atomic mass is 32.1. The van der Waals surface area contributed by atoms with E-state index in [-0.39, 0.29) is 5.78 Å². The van der Waals surface area contributed by atoms with Gasteiger partial charge in [-0.2, -0.15) is 0 Å². The number of nitrogens with one attached hydrogen (secondary N) is 2. The summed E-state index contributed by atoms with van der Waals surface area (Å²) in [5.74, 6) is 0.394. The number of hydrogen-bond acceptors (Lipinski definition) is 3. The minimum Gasteiger partial charge on any atom is -0.479 e. The molecule has 19 heavy (non-hydrogen) atoms. The summed E-state index contributed by atoms with van der Waals surface area (Å²) in [7, 11) is 0. The van der Waals surface area contributed by atoms with Crippen molar-refractivity contribution in [3.63, 3.8) is 0 Å². The smallest absolute Gasteiger partial charge is 0.199 e. The summed E-state index contributed by atoms with van der Waals surface area (Å²) >= 11 is 5.18. The Morgan fingerprint density at radius 2 is 2.00 bits per heavy atom. The van der Waals surface area contributed by atoms with Crippen LogP contribution in [-0.2, 0) is 9.53 Å². The fraction of sp³-hybridized carbons (Fsp3) is 0.286. The van der Waals surface area contributed by atoms with E-state index in [2.05, 4.69) is 10.6 Å². The molecule has 1 atom stereocenters. The SMILES string of the molecule is CCOC1=C(C)C(=O)[C@H](c2ccccc2)NC(=S)N1. The molecule has 0 fully saturated rings. The maximum atomic E-state index is 12.5. The fourth-order valence-electron chi connectivity index (χ4n) is 1.93. The number of benzene rings is 1. The molecule has 0 amide bonds. The molecule has 100 valence electrons. The van der Waals surface area contributed by atoms with E-state index in [0.717, 1.165) is 5.56 Å². The molecule has 2 N–H and O–H groups in total. The molecule has 0 saturated heterocycles. The molecule has 1 heterocycles. The third kappa shape index (κ3) is 2.93. The quantitative estimate of drug-likeness (QED) is 0.827. The van der Waals surface area contributed by atoms with Crippen LogP contribution in [-0.4, -0.2) is 17.5 Å². The highest BCUT2D eigenvalue weighted by molar-refractivity contribution is 7.80. The maximum Gasteiger partial charge on any atom is 0.199 e. The fourth-order valence-corrected chi connectivity index (χ4v) is 2.14. The second-order valence-corrected chi connectivity index (χ2v) is 4.60. The molecule has 0 bridgehead atoms. The number of Topliss-reactive ketones (excluding diaryl/α,β-unsaturated/α-hetero) is 1. The second-order valence-electron chi connectivity index (χ2n) is 4.19. The maximum absolute atomic E-state index is 12.5. The molecule has 0 saturated carbocycles. The monoisotopic (exact) mass is 276 g/mol. The van der Waals surface area contributed by atoms with Crippen molar-refractivity contribution < 1.29 is 9.53 Å². The molecule has 0 aromatic heterocycles. The molecule has 4 nitrogen and oxygen atoms in total. The molecule has 0 radical (unpaired) electrons. The summed E-state index contributed by atoms with van der Waals surface area (Å²) in [6, 6.07) is 9.03. The third-order valence-electron chi connectivity index (χ3n) is 2.90. The summed E-state index contributed by atoms with van der Waals surface area (Å²) in [6.07, 6.45) is 0. The minimum absolute atomic E-state index is 0.0398. The van der Waals surface area contributed by atoms with Crippen molar-refractivity contribution in [1.29, 1.82) is 0 Å². The Morgan fingerprint density at radius 3 is 2.63 bits per heavy atom. The first-order valence-corrected chi connectivity index (χ1v) is 6.54. The number of carbonyl (C=O) groups is 1. The van der Waals surface area contributed by atoms with E-state index in [1.807, 2.05) is 37.3 Å². The molecule has 1 aromatic carbocycles. The van der Waals surface area contributed by atoms with Crippen molar-refractivity contribution >= 4 is 23.1 Å². The van der Waals surface area contributed by atoms with Crippen LogP contribution >= 0.6 is 12.2 Å². The lowest BCUT2D eigenvalue weighted by Crippen LogP contribution is -2.37. The molecule has 5 heteroatoms. The summed E-state index contributed by atoms with van der Waals surface area (Å²) in [6.45, 7) is 4.08. The van der Waals surface area contributed by atoms with Gasteiger partial charge in [-0.3, -0.25) is 4.79 Å². The van der Waals surface area contributed by atoms with Crippen LogP contribution < -0.4 is 10.6 Å². The van der Waals surface area contributed by atoms with Gasteiger partial charge in [0, 0.05) is 0 Å². The number of rotatable bonds is 3. The zero-order valence-electron chi connectivity index (χ0n) is 10.9. The van der Waals surface area contributed by atoms with Crippen LogP contribution in [0.3, 0.4) is 0 Å². The predicted octanol–water partition coefficient (Wildman–Crippen LogP) is 2.04. The van der Waals surface area contributed by atoms with Gasteiger partial charge < -0.3 is 15.4 Å². The molecule has 0 aliphatic carbocycles.